The molecular weight excluding hydrogens is 342 g/mol. The number of amides is 1. The second-order valence-corrected chi connectivity index (χ2v) is 4.72. The number of benzene rings is 2. The Labute approximate surface area is 132 Å². The van der Waals surface area contributed by atoms with E-state index in [0.717, 1.165) is 36.4 Å². The molecule has 0 saturated carbocycles. The summed E-state index contributed by atoms with van der Waals surface area (Å²) in [6, 6.07) is 5.83. The summed E-state index contributed by atoms with van der Waals surface area (Å²) in [5.74, 6) is -2.68. The molecule has 0 aliphatic rings. The van der Waals surface area contributed by atoms with Crippen molar-refractivity contribution in [2.24, 2.45) is 0 Å². The van der Waals surface area contributed by atoms with Crippen LogP contribution in [0.1, 0.15) is 10.4 Å². The highest BCUT2D eigenvalue weighted by atomic mass is 35.5. The normalized spacial score (nSPS) is 11.2. The zero-order valence-electron chi connectivity index (χ0n) is 11.1. The predicted molar refractivity (Wildman–Crippen MR) is 74.2 cm³/mol. The van der Waals surface area contributed by atoms with Gasteiger partial charge in [0.05, 0.1) is 10.6 Å². The van der Waals surface area contributed by atoms with Gasteiger partial charge in [0.15, 0.2) is 0 Å². The van der Waals surface area contributed by atoms with Gasteiger partial charge in [-0.2, -0.15) is 0 Å². The molecule has 0 radical (unpaired) electrons. The van der Waals surface area contributed by atoms with Crippen LogP contribution in [0.2, 0.25) is 5.02 Å². The van der Waals surface area contributed by atoms with Crippen LogP contribution in [0.15, 0.2) is 36.4 Å². The van der Waals surface area contributed by atoms with E-state index >= 15 is 0 Å². The van der Waals surface area contributed by atoms with Gasteiger partial charge in [0.1, 0.15) is 17.3 Å². The fraction of sp³-hybridized carbons (Fsp3) is 0.0714. The Morgan fingerprint density at radius 1 is 1.17 bits per heavy atom. The molecule has 23 heavy (non-hydrogen) atoms. The molecular formula is C14H8ClF4NO3. The number of phenolic OH excluding ortho intramolecular Hbond substituents is 1. The number of carbonyl (C=O) groups excluding carboxylic acids is 1. The molecule has 1 amide bonds. The average Bonchev–Trinajstić information content (AvgIpc) is 2.43. The minimum Gasteiger partial charge on any atom is -0.507 e. The summed E-state index contributed by atoms with van der Waals surface area (Å²) in [5.41, 5.74) is -0.296. The number of phenols is 1. The van der Waals surface area contributed by atoms with E-state index in [1.165, 1.54) is 0 Å². The van der Waals surface area contributed by atoms with Gasteiger partial charge in [-0.1, -0.05) is 11.6 Å². The van der Waals surface area contributed by atoms with Crippen LogP contribution in [0.25, 0.3) is 0 Å². The molecule has 0 unspecified atom stereocenters. The molecule has 0 aliphatic carbocycles. The Morgan fingerprint density at radius 3 is 2.48 bits per heavy atom. The number of ether oxygens (including phenoxy) is 1. The highest BCUT2D eigenvalue weighted by molar-refractivity contribution is 6.32. The summed E-state index contributed by atoms with van der Waals surface area (Å²) in [7, 11) is 0. The van der Waals surface area contributed by atoms with Gasteiger partial charge in [0, 0.05) is 5.69 Å². The number of halogens is 5. The maximum Gasteiger partial charge on any atom is 0.573 e. The van der Waals surface area contributed by atoms with Crippen LogP contribution in [-0.2, 0) is 0 Å². The molecule has 0 aromatic heterocycles. The number of aromatic hydroxyl groups is 1. The fourth-order valence-electron chi connectivity index (χ4n) is 1.67. The van der Waals surface area contributed by atoms with Gasteiger partial charge in [-0.15, -0.1) is 13.2 Å². The molecule has 0 spiro atoms. The molecule has 2 aromatic rings. The number of hydrogen-bond acceptors (Lipinski definition) is 3. The van der Waals surface area contributed by atoms with E-state index in [1.54, 1.807) is 0 Å². The minimum atomic E-state index is -4.90. The van der Waals surface area contributed by atoms with E-state index in [-0.39, 0.29) is 16.3 Å². The van der Waals surface area contributed by atoms with Crippen LogP contribution >= 0.6 is 11.6 Å². The molecule has 122 valence electrons. The SMILES string of the molecule is O=C(Nc1ccc(OC(F)(F)F)c(Cl)c1)c1cc(F)ccc1O. The van der Waals surface area contributed by atoms with Gasteiger partial charge < -0.3 is 15.2 Å². The van der Waals surface area contributed by atoms with Crippen LogP contribution in [-0.4, -0.2) is 17.4 Å². The standard InChI is InChI=1S/C14H8ClF4NO3/c15-10-6-8(2-4-12(10)23-14(17,18)19)20-13(22)9-5-7(16)1-3-11(9)21/h1-6,21H,(H,20,22). The number of anilines is 1. The van der Waals surface area contributed by atoms with E-state index in [1.807, 2.05) is 0 Å². The van der Waals surface area contributed by atoms with E-state index in [4.69, 9.17) is 11.6 Å². The van der Waals surface area contributed by atoms with Gasteiger partial charge in [-0.05, 0) is 36.4 Å². The molecule has 4 nitrogen and oxygen atoms in total. The minimum absolute atomic E-state index is 0.0400. The largest absolute Gasteiger partial charge is 0.573 e. The first-order valence-corrected chi connectivity index (χ1v) is 6.38. The van der Waals surface area contributed by atoms with Crippen molar-refractivity contribution >= 4 is 23.2 Å². The zero-order valence-corrected chi connectivity index (χ0v) is 11.9. The van der Waals surface area contributed by atoms with Crippen molar-refractivity contribution in [2.45, 2.75) is 6.36 Å². The summed E-state index contributed by atoms with van der Waals surface area (Å²) >= 11 is 5.64. The van der Waals surface area contributed by atoms with E-state index in [9.17, 15) is 27.5 Å². The van der Waals surface area contributed by atoms with Crippen molar-refractivity contribution in [3.05, 3.63) is 52.8 Å². The predicted octanol–water partition coefficient (Wildman–Crippen LogP) is 4.34. The maximum absolute atomic E-state index is 13.1. The summed E-state index contributed by atoms with van der Waals surface area (Å²) in [6.45, 7) is 0. The second kappa shape index (κ2) is 6.33. The van der Waals surface area contributed by atoms with E-state index in [0.29, 0.717) is 0 Å². The quantitative estimate of drug-likeness (QED) is 0.811. The zero-order chi connectivity index (χ0) is 17.2. The third-order valence-electron chi connectivity index (χ3n) is 2.62. The Balaban J connectivity index is 2.19. The van der Waals surface area contributed by atoms with Crippen LogP contribution in [0.4, 0.5) is 23.2 Å². The highest BCUT2D eigenvalue weighted by Gasteiger charge is 2.32. The molecule has 0 atom stereocenters. The van der Waals surface area contributed by atoms with Crippen LogP contribution in [0.5, 0.6) is 11.5 Å². The summed E-state index contributed by atoms with van der Waals surface area (Å²) in [6.07, 6.45) is -4.90. The molecule has 0 aliphatic heterocycles. The van der Waals surface area contributed by atoms with Gasteiger partial charge in [-0.3, -0.25) is 4.79 Å². The van der Waals surface area contributed by atoms with Crippen molar-refractivity contribution < 1.29 is 32.2 Å². The van der Waals surface area contributed by atoms with Gasteiger partial charge in [0.25, 0.3) is 5.91 Å². The average molecular weight is 350 g/mol. The van der Waals surface area contributed by atoms with Crippen LogP contribution < -0.4 is 10.1 Å². The Morgan fingerprint density at radius 2 is 1.87 bits per heavy atom. The third-order valence-corrected chi connectivity index (χ3v) is 2.91. The topological polar surface area (TPSA) is 58.6 Å². The Bertz CT molecular complexity index is 749. The van der Waals surface area contributed by atoms with Gasteiger partial charge in [-0.25, -0.2) is 4.39 Å². The molecule has 2 rings (SSSR count). The molecule has 2 N–H and O–H groups in total. The molecule has 2 aromatic carbocycles. The van der Waals surface area contributed by atoms with Crippen LogP contribution in [0, 0.1) is 5.82 Å². The monoisotopic (exact) mass is 349 g/mol. The van der Waals surface area contributed by atoms with Crippen molar-refractivity contribution in [3.63, 3.8) is 0 Å². The maximum atomic E-state index is 13.1. The van der Waals surface area contributed by atoms with Crippen molar-refractivity contribution in [1.29, 1.82) is 0 Å². The second-order valence-electron chi connectivity index (χ2n) is 4.31. The van der Waals surface area contributed by atoms with Crippen LogP contribution in [0.3, 0.4) is 0 Å². The number of carbonyl (C=O) groups is 1. The fourth-order valence-corrected chi connectivity index (χ4v) is 1.89. The summed E-state index contributed by atoms with van der Waals surface area (Å²) < 4.78 is 53.1. The summed E-state index contributed by atoms with van der Waals surface area (Å²) in [4.78, 5) is 11.9. The highest BCUT2D eigenvalue weighted by Crippen LogP contribution is 2.32. The molecule has 0 heterocycles. The number of rotatable bonds is 3. The van der Waals surface area contributed by atoms with Crippen molar-refractivity contribution in [2.75, 3.05) is 5.32 Å². The smallest absolute Gasteiger partial charge is 0.507 e. The molecule has 0 bridgehead atoms. The number of hydrogen-bond donors (Lipinski definition) is 2. The lowest BCUT2D eigenvalue weighted by Crippen LogP contribution is -2.17. The van der Waals surface area contributed by atoms with Gasteiger partial charge >= 0.3 is 6.36 Å². The van der Waals surface area contributed by atoms with Crippen molar-refractivity contribution in [3.8, 4) is 11.5 Å². The Hall–Kier alpha value is -2.48. The van der Waals surface area contributed by atoms with E-state index in [2.05, 4.69) is 10.1 Å². The lowest BCUT2D eigenvalue weighted by molar-refractivity contribution is -0.274. The third kappa shape index (κ3) is 4.49. The molecule has 0 saturated heterocycles. The van der Waals surface area contributed by atoms with Gasteiger partial charge in [0.2, 0.25) is 0 Å². The number of nitrogens with one attached hydrogen (secondary N) is 1. The Kier molecular flexibility index (Phi) is 4.65. The number of alkyl halides is 3. The first kappa shape index (κ1) is 16.9. The lowest BCUT2D eigenvalue weighted by Gasteiger charge is -2.12. The van der Waals surface area contributed by atoms with E-state index < -0.39 is 29.6 Å². The first-order chi connectivity index (χ1) is 10.7. The summed E-state index contributed by atoms with van der Waals surface area (Å²) in [5, 5.41) is 11.4. The molecule has 9 heteroatoms. The molecule has 0 fully saturated rings. The lowest BCUT2D eigenvalue weighted by atomic mass is 10.1. The van der Waals surface area contributed by atoms with Crippen molar-refractivity contribution in [1.82, 2.24) is 0 Å². The first-order valence-electron chi connectivity index (χ1n) is 6.01.